The lowest BCUT2D eigenvalue weighted by Gasteiger charge is -2.11. The van der Waals surface area contributed by atoms with Gasteiger partial charge in [0.2, 0.25) is 0 Å². The van der Waals surface area contributed by atoms with Crippen LogP contribution >= 0.6 is 0 Å². The Bertz CT molecular complexity index is 996. The predicted octanol–water partition coefficient (Wildman–Crippen LogP) is 2.26. The first-order valence-electron chi connectivity index (χ1n) is 7.97. The number of nitrogens with two attached hydrogens (primary N) is 1. The van der Waals surface area contributed by atoms with Gasteiger partial charge >= 0.3 is 5.97 Å². The van der Waals surface area contributed by atoms with E-state index in [1.165, 1.54) is 19.2 Å². The third-order valence-corrected chi connectivity index (χ3v) is 4.19. The number of esters is 1. The van der Waals surface area contributed by atoms with Crippen molar-refractivity contribution in [3.8, 4) is 11.3 Å². The number of hydrogen-bond acceptors (Lipinski definition) is 6. The van der Waals surface area contributed by atoms with Crippen LogP contribution in [-0.4, -0.2) is 33.4 Å². The smallest absolute Gasteiger partial charge is 0.323 e. The van der Waals surface area contributed by atoms with Gasteiger partial charge in [0.1, 0.15) is 11.7 Å². The highest BCUT2D eigenvalue weighted by Gasteiger charge is 2.22. The van der Waals surface area contributed by atoms with Gasteiger partial charge in [-0.05, 0) is 18.6 Å². The van der Waals surface area contributed by atoms with Crippen molar-refractivity contribution < 1.29 is 14.5 Å². The minimum atomic E-state index is -0.863. The minimum Gasteiger partial charge on any atom is -0.468 e. The Morgan fingerprint density at radius 3 is 2.85 bits per heavy atom. The number of aromatic nitrogens is 2. The van der Waals surface area contributed by atoms with Crippen molar-refractivity contribution in [2.24, 2.45) is 5.73 Å². The van der Waals surface area contributed by atoms with Crippen molar-refractivity contribution >= 4 is 17.3 Å². The van der Waals surface area contributed by atoms with Crippen molar-refractivity contribution in [1.82, 2.24) is 9.38 Å². The number of ether oxygens (including phenoxy) is 1. The van der Waals surface area contributed by atoms with Gasteiger partial charge in [0.25, 0.3) is 5.69 Å². The molecule has 0 aliphatic carbocycles. The molecule has 0 aliphatic rings. The van der Waals surface area contributed by atoms with Crippen LogP contribution < -0.4 is 5.73 Å². The van der Waals surface area contributed by atoms with E-state index in [9.17, 15) is 14.9 Å². The van der Waals surface area contributed by atoms with Crippen molar-refractivity contribution in [2.45, 2.75) is 19.4 Å². The molecule has 2 heterocycles. The van der Waals surface area contributed by atoms with E-state index in [1.54, 1.807) is 12.1 Å². The molecule has 0 aliphatic heterocycles. The van der Waals surface area contributed by atoms with Gasteiger partial charge in [-0.2, -0.15) is 0 Å². The number of nitro benzene ring substituents is 1. The molecule has 0 bridgehead atoms. The van der Waals surface area contributed by atoms with Crippen LogP contribution in [0, 0.1) is 17.0 Å². The molecule has 0 spiro atoms. The molecule has 2 aromatic heterocycles. The van der Waals surface area contributed by atoms with Crippen molar-refractivity contribution in [1.29, 1.82) is 0 Å². The van der Waals surface area contributed by atoms with Gasteiger partial charge in [-0.1, -0.05) is 18.2 Å². The lowest BCUT2D eigenvalue weighted by atomic mass is 10.0. The first-order chi connectivity index (χ1) is 12.4. The van der Waals surface area contributed by atoms with Crippen LogP contribution in [0.5, 0.6) is 0 Å². The third kappa shape index (κ3) is 3.14. The Morgan fingerprint density at radius 1 is 1.38 bits per heavy atom. The SMILES string of the molecule is COC(=O)C(N)Cc1c(-c2cccc([N+](=O)[O-])c2)nc2c(C)cccn12. The van der Waals surface area contributed by atoms with E-state index in [0.29, 0.717) is 22.6 Å². The molecule has 3 aromatic rings. The van der Waals surface area contributed by atoms with E-state index < -0.39 is 16.9 Å². The largest absolute Gasteiger partial charge is 0.468 e. The monoisotopic (exact) mass is 354 g/mol. The number of non-ortho nitro benzene ring substituents is 1. The molecule has 0 fully saturated rings. The number of hydrogen-bond donors (Lipinski definition) is 1. The van der Waals surface area contributed by atoms with Gasteiger partial charge in [0, 0.05) is 30.3 Å². The highest BCUT2D eigenvalue weighted by atomic mass is 16.6. The van der Waals surface area contributed by atoms with E-state index in [2.05, 4.69) is 4.98 Å². The van der Waals surface area contributed by atoms with Crippen molar-refractivity contribution in [3.63, 3.8) is 0 Å². The Morgan fingerprint density at radius 2 is 2.15 bits per heavy atom. The normalized spacial score (nSPS) is 12.1. The number of rotatable bonds is 5. The molecule has 1 aromatic carbocycles. The van der Waals surface area contributed by atoms with Crippen LogP contribution in [-0.2, 0) is 16.0 Å². The fourth-order valence-corrected chi connectivity index (χ4v) is 2.89. The summed E-state index contributed by atoms with van der Waals surface area (Å²) >= 11 is 0. The zero-order valence-corrected chi connectivity index (χ0v) is 14.4. The van der Waals surface area contributed by atoms with Crippen LogP contribution in [0.3, 0.4) is 0 Å². The van der Waals surface area contributed by atoms with Crippen molar-refractivity contribution in [2.75, 3.05) is 7.11 Å². The van der Waals surface area contributed by atoms with Crippen LogP contribution in [0.15, 0.2) is 42.6 Å². The topological polar surface area (TPSA) is 113 Å². The number of fused-ring (bicyclic) bond motifs is 1. The summed E-state index contributed by atoms with van der Waals surface area (Å²) in [7, 11) is 1.28. The molecule has 134 valence electrons. The molecule has 1 atom stereocenters. The molecule has 8 nitrogen and oxygen atoms in total. The second kappa shape index (κ2) is 6.93. The highest BCUT2D eigenvalue weighted by Crippen LogP contribution is 2.29. The van der Waals surface area contributed by atoms with Crippen LogP contribution in [0.25, 0.3) is 16.9 Å². The fourth-order valence-electron chi connectivity index (χ4n) is 2.89. The van der Waals surface area contributed by atoms with Gasteiger partial charge in [-0.25, -0.2) is 4.98 Å². The molecular formula is C18H18N4O4. The summed E-state index contributed by atoms with van der Waals surface area (Å²) in [5, 5.41) is 11.1. The van der Waals surface area contributed by atoms with Gasteiger partial charge in [-0.3, -0.25) is 14.9 Å². The van der Waals surface area contributed by atoms with Crippen LogP contribution in [0.4, 0.5) is 5.69 Å². The summed E-state index contributed by atoms with van der Waals surface area (Å²) in [6.07, 6.45) is 2.02. The van der Waals surface area contributed by atoms with Gasteiger partial charge in [0.05, 0.1) is 23.4 Å². The molecule has 3 rings (SSSR count). The number of nitro groups is 1. The summed E-state index contributed by atoms with van der Waals surface area (Å²) in [6, 6.07) is 9.16. The molecule has 0 radical (unpaired) electrons. The Hall–Kier alpha value is -3.26. The molecule has 2 N–H and O–H groups in total. The highest BCUT2D eigenvalue weighted by molar-refractivity contribution is 5.77. The minimum absolute atomic E-state index is 0.0282. The number of imidazole rings is 1. The number of nitrogens with zero attached hydrogens (tertiary/aromatic N) is 3. The van der Waals surface area contributed by atoms with E-state index >= 15 is 0 Å². The standard InChI is InChI=1S/C18H18N4O4/c1-11-5-4-8-21-15(10-14(19)18(23)26-2)16(20-17(11)21)12-6-3-7-13(9-12)22(24)25/h3-9,14H,10,19H2,1-2H3. The number of carbonyl (C=O) groups is 1. The van der Waals surface area contributed by atoms with E-state index in [-0.39, 0.29) is 12.1 Å². The first kappa shape index (κ1) is 17.6. The molecule has 0 saturated heterocycles. The Balaban J connectivity index is 2.19. The second-order valence-corrected chi connectivity index (χ2v) is 5.93. The summed E-state index contributed by atoms with van der Waals surface area (Å²) < 4.78 is 6.56. The maximum Gasteiger partial charge on any atom is 0.323 e. The fraction of sp³-hybridized carbons (Fsp3) is 0.222. The van der Waals surface area contributed by atoms with Crippen molar-refractivity contribution in [3.05, 3.63) is 64.0 Å². The van der Waals surface area contributed by atoms with E-state index in [1.807, 2.05) is 29.7 Å². The second-order valence-electron chi connectivity index (χ2n) is 5.93. The molecule has 26 heavy (non-hydrogen) atoms. The maximum atomic E-state index is 11.8. The Labute approximate surface area is 149 Å². The van der Waals surface area contributed by atoms with Crippen LogP contribution in [0.1, 0.15) is 11.3 Å². The summed E-state index contributed by atoms with van der Waals surface area (Å²) in [6.45, 7) is 1.92. The van der Waals surface area contributed by atoms with E-state index in [4.69, 9.17) is 10.5 Å². The zero-order valence-electron chi connectivity index (χ0n) is 14.4. The van der Waals surface area contributed by atoms with Gasteiger partial charge in [-0.15, -0.1) is 0 Å². The van der Waals surface area contributed by atoms with E-state index in [0.717, 1.165) is 5.56 Å². The summed E-state index contributed by atoms with van der Waals surface area (Å²) in [5.74, 6) is -0.530. The number of benzene rings is 1. The maximum absolute atomic E-state index is 11.8. The number of methoxy groups -OCH3 is 1. The molecule has 1 unspecified atom stereocenters. The first-order valence-corrected chi connectivity index (χ1v) is 7.97. The number of pyridine rings is 1. The molecule has 0 amide bonds. The van der Waals surface area contributed by atoms with Crippen LogP contribution in [0.2, 0.25) is 0 Å². The molecule has 0 saturated carbocycles. The van der Waals surface area contributed by atoms with Gasteiger partial charge < -0.3 is 14.9 Å². The average molecular weight is 354 g/mol. The quantitative estimate of drug-likeness (QED) is 0.427. The number of aryl methyl sites for hydroxylation is 1. The lowest BCUT2D eigenvalue weighted by Crippen LogP contribution is -2.34. The summed E-state index contributed by atoms with van der Waals surface area (Å²) in [4.78, 5) is 27.1. The molecule has 8 heteroatoms. The van der Waals surface area contributed by atoms with Gasteiger partial charge in [0.15, 0.2) is 0 Å². The lowest BCUT2D eigenvalue weighted by molar-refractivity contribution is -0.384. The number of carbonyl (C=O) groups excluding carboxylic acids is 1. The third-order valence-electron chi connectivity index (χ3n) is 4.19. The average Bonchev–Trinajstić information content (AvgIpc) is 3.01. The summed E-state index contributed by atoms with van der Waals surface area (Å²) in [5.41, 5.74) is 9.42. The molecular weight excluding hydrogens is 336 g/mol. The predicted molar refractivity (Wildman–Crippen MR) is 95.7 cm³/mol. The Kier molecular flexibility index (Phi) is 4.68. The zero-order chi connectivity index (χ0) is 18.8.